The first-order valence-electron chi connectivity index (χ1n) is 9.88. The zero-order valence-corrected chi connectivity index (χ0v) is 16.8. The van der Waals surface area contributed by atoms with Gasteiger partial charge < -0.3 is 25.3 Å². The number of nitrogens with two attached hydrogens (primary N) is 1. The predicted molar refractivity (Wildman–Crippen MR) is 114 cm³/mol. The maximum absolute atomic E-state index is 12.7. The van der Waals surface area contributed by atoms with Gasteiger partial charge in [0.2, 0.25) is 0 Å². The van der Waals surface area contributed by atoms with Gasteiger partial charge in [-0.1, -0.05) is 36.4 Å². The number of ether oxygens (including phenoxy) is 3. The van der Waals surface area contributed by atoms with E-state index in [0.29, 0.717) is 48.1 Å². The number of hydrogen-bond acceptors (Lipinski definition) is 5. The predicted octanol–water partition coefficient (Wildman–Crippen LogP) is 3.07. The molecule has 0 aromatic heterocycles. The summed E-state index contributed by atoms with van der Waals surface area (Å²) in [6, 6.07) is 19.5. The Kier molecular flexibility index (Phi) is 6.03. The summed E-state index contributed by atoms with van der Waals surface area (Å²) < 4.78 is 17.0. The zero-order valence-electron chi connectivity index (χ0n) is 16.8. The number of carbonyl (C=O) groups excluding carboxylic acids is 2. The second-order valence-electron chi connectivity index (χ2n) is 6.97. The zero-order chi connectivity index (χ0) is 21.6. The lowest BCUT2D eigenvalue weighted by atomic mass is 10.1. The molecule has 0 saturated heterocycles. The number of benzene rings is 3. The third-order valence-electron chi connectivity index (χ3n) is 4.82. The Labute approximate surface area is 179 Å². The van der Waals surface area contributed by atoms with Crippen molar-refractivity contribution in [2.24, 2.45) is 5.73 Å². The van der Waals surface area contributed by atoms with Gasteiger partial charge in [0.25, 0.3) is 11.8 Å². The first-order chi connectivity index (χ1) is 15.1. The summed E-state index contributed by atoms with van der Waals surface area (Å²) in [7, 11) is 0. The van der Waals surface area contributed by atoms with Crippen molar-refractivity contribution in [3.8, 4) is 17.2 Å². The average Bonchev–Trinajstić information content (AvgIpc) is 2.81. The van der Waals surface area contributed by atoms with Crippen molar-refractivity contribution in [1.82, 2.24) is 5.32 Å². The van der Waals surface area contributed by atoms with Gasteiger partial charge in [0, 0.05) is 17.7 Å². The standard InChI is InChI=1S/C24H22N2O5/c25-23(27)19-8-1-2-9-20(19)31-15-16-5-3-6-17(13-16)24(28)26-14-18-7-4-10-21-22(18)30-12-11-29-21/h1-10,13H,11-12,14-15H2,(H2,25,27)(H,26,28). The van der Waals surface area contributed by atoms with Gasteiger partial charge in [-0.25, -0.2) is 0 Å². The third-order valence-corrected chi connectivity index (χ3v) is 4.82. The van der Waals surface area contributed by atoms with Crippen molar-refractivity contribution in [1.29, 1.82) is 0 Å². The second kappa shape index (κ2) is 9.21. The van der Waals surface area contributed by atoms with Gasteiger partial charge in [-0.15, -0.1) is 0 Å². The molecule has 31 heavy (non-hydrogen) atoms. The number of hydrogen-bond donors (Lipinski definition) is 2. The Morgan fingerprint density at radius 3 is 2.65 bits per heavy atom. The van der Waals surface area contributed by atoms with Gasteiger partial charge >= 0.3 is 0 Å². The highest BCUT2D eigenvalue weighted by molar-refractivity contribution is 5.95. The summed E-state index contributed by atoms with van der Waals surface area (Å²) in [5, 5.41) is 2.91. The topological polar surface area (TPSA) is 99.9 Å². The Hall–Kier alpha value is -4.00. The molecule has 7 heteroatoms. The Balaban J connectivity index is 1.40. The molecule has 0 bridgehead atoms. The molecule has 0 unspecified atom stereocenters. The number of carbonyl (C=O) groups is 2. The summed E-state index contributed by atoms with van der Waals surface area (Å²) in [4.78, 5) is 24.2. The summed E-state index contributed by atoms with van der Waals surface area (Å²) in [5.41, 5.74) is 7.85. The smallest absolute Gasteiger partial charge is 0.252 e. The van der Waals surface area contributed by atoms with Crippen LogP contribution < -0.4 is 25.3 Å². The molecular formula is C24H22N2O5. The van der Waals surface area contributed by atoms with Crippen molar-refractivity contribution >= 4 is 11.8 Å². The summed E-state index contributed by atoms with van der Waals surface area (Å²) in [5.74, 6) is 0.994. The fourth-order valence-corrected chi connectivity index (χ4v) is 3.31. The van der Waals surface area contributed by atoms with E-state index >= 15 is 0 Å². The van der Waals surface area contributed by atoms with E-state index in [4.69, 9.17) is 19.9 Å². The fraction of sp³-hybridized carbons (Fsp3) is 0.167. The molecule has 1 aliphatic rings. The van der Waals surface area contributed by atoms with Crippen LogP contribution in [0.5, 0.6) is 17.2 Å². The normalized spacial score (nSPS) is 12.1. The maximum Gasteiger partial charge on any atom is 0.252 e. The first kappa shape index (κ1) is 20.3. The molecule has 0 radical (unpaired) electrons. The Morgan fingerprint density at radius 2 is 1.77 bits per heavy atom. The van der Waals surface area contributed by atoms with E-state index in [1.807, 2.05) is 24.3 Å². The first-order valence-corrected chi connectivity index (χ1v) is 9.88. The Morgan fingerprint density at radius 1 is 0.968 bits per heavy atom. The monoisotopic (exact) mass is 418 g/mol. The third kappa shape index (κ3) is 4.78. The largest absolute Gasteiger partial charge is 0.488 e. The minimum absolute atomic E-state index is 0.197. The van der Waals surface area contributed by atoms with Crippen LogP contribution in [0.4, 0.5) is 0 Å². The van der Waals surface area contributed by atoms with Gasteiger partial charge in [-0.3, -0.25) is 9.59 Å². The van der Waals surface area contributed by atoms with Crippen LogP contribution in [0.1, 0.15) is 31.8 Å². The number of rotatable bonds is 7. The van der Waals surface area contributed by atoms with E-state index < -0.39 is 5.91 Å². The van der Waals surface area contributed by atoms with Gasteiger partial charge in [-0.2, -0.15) is 0 Å². The SMILES string of the molecule is NC(=O)c1ccccc1OCc1cccc(C(=O)NCc2cccc3c2OCCO3)c1. The molecule has 0 saturated carbocycles. The molecule has 3 aromatic rings. The number of fused-ring (bicyclic) bond motifs is 1. The minimum Gasteiger partial charge on any atom is -0.488 e. The van der Waals surface area contributed by atoms with Gasteiger partial charge in [-0.05, 0) is 35.9 Å². The van der Waals surface area contributed by atoms with Crippen LogP contribution in [-0.2, 0) is 13.2 Å². The van der Waals surface area contributed by atoms with Crippen LogP contribution in [0.25, 0.3) is 0 Å². The molecule has 158 valence electrons. The second-order valence-corrected chi connectivity index (χ2v) is 6.97. The summed E-state index contributed by atoms with van der Waals surface area (Å²) in [6.07, 6.45) is 0. The van der Waals surface area contributed by atoms with Crippen molar-refractivity contribution in [2.75, 3.05) is 13.2 Å². The lowest BCUT2D eigenvalue weighted by molar-refractivity contribution is 0.0948. The molecule has 1 heterocycles. The van der Waals surface area contributed by atoms with E-state index in [-0.39, 0.29) is 12.5 Å². The van der Waals surface area contributed by atoms with Crippen LogP contribution in [0.2, 0.25) is 0 Å². The number of para-hydroxylation sites is 2. The molecular weight excluding hydrogens is 396 g/mol. The average molecular weight is 418 g/mol. The lowest BCUT2D eigenvalue weighted by Crippen LogP contribution is -2.24. The van der Waals surface area contributed by atoms with Crippen molar-refractivity contribution in [3.63, 3.8) is 0 Å². The number of nitrogens with one attached hydrogen (secondary N) is 1. The van der Waals surface area contributed by atoms with E-state index in [1.165, 1.54) is 0 Å². The number of primary amides is 1. The van der Waals surface area contributed by atoms with Gasteiger partial charge in [0.15, 0.2) is 11.5 Å². The lowest BCUT2D eigenvalue weighted by Gasteiger charge is -2.21. The highest BCUT2D eigenvalue weighted by Crippen LogP contribution is 2.33. The maximum atomic E-state index is 12.7. The molecule has 3 N–H and O–H groups in total. The molecule has 1 aliphatic heterocycles. The molecule has 7 nitrogen and oxygen atoms in total. The van der Waals surface area contributed by atoms with Gasteiger partial charge in [0.05, 0.1) is 5.56 Å². The summed E-state index contributed by atoms with van der Waals surface area (Å²) in [6.45, 7) is 1.52. The number of amides is 2. The van der Waals surface area contributed by atoms with Gasteiger partial charge in [0.1, 0.15) is 25.6 Å². The molecule has 0 atom stereocenters. The van der Waals surface area contributed by atoms with E-state index in [0.717, 1.165) is 11.1 Å². The Bertz CT molecular complexity index is 1110. The molecule has 4 rings (SSSR count). The molecule has 0 spiro atoms. The van der Waals surface area contributed by atoms with E-state index in [9.17, 15) is 9.59 Å². The molecule has 2 amide bonds. The quantitative estimate of drug-likeness (QED) is 0.614. The van der Waals surface area contributed by atoms with Crippen LogP contribution in [0, 0.1) is 0 Å². The van der Waals surface area contributed by atoms with Crippen LogP contribution >= 0.6 is 0 Å². The van der Waals surface area contributed by atoms with Crippen molar-refractivity contribution in [3.05, 3.63) is 89.0 Å². The molecule has 3 aromatic carbocycles. The minimum atomic E-state index is -0.554. The highest BCUT2D eigenvalue weighted by atomic mass is 16.6. The van der Waals surface area contributed by atoms with Crippen molar-refractivity contribution in [2.45, 2.75) is 13.2 Å². The summed E-state index contributed by atoms with van der Waals surface area (Å²) >= 11 is 0. The van der Waals surface area contributed by atoms with E-state index in [1.54, 1.807) is 42.5 Å². The van der Waals surface area contributed by atoms with Crippen LogP contribution in [0.15, 0.2) is 66.7 Å². The van der Waals surface area contributed by atoms with E-state index in [2.05, 4.69) is 5.32 Å². The van der Waals surface area contributed by atoms with Crippen LogP contribution in [-0.4, -0.2) is 25.0 Å². The van der Waals surface area contributed by atoms with Crippen LogP contribution in [0.3, 0.4) is 0 Å². The highest BCUT2D eigenvalue weighted by Gasteiger charge is 2.16. The fourth-order valence-electron chi connectivity index (χ4n) is 3.31. The van der Waals surface area contributed by atoms with Crippen molar-refractivity contribution < 1.29 is 23.8 Å². The molecule has 0 aliphatic carbocycles. The molecule has 0 fully saturated rings.